The molecular weight excluding hydrogens is 192 g/mol. The third-order valence-electron chi connectivity index (χ3n) is 3.00. The Morgan fingerprint density at radius 2 is 1.60 bits per heavy atom. The molecule has 2 amide bonds. The molecule has 0 aromatic carbocycles. The monoisotopic (exact) mass is 208 g/mol. The third-order valence-corrected chi connectivity index (χ3v) is 3.00. The van der Waals surface area contributed by atoms with E-state index in [0.717, 1.165) is 12.8 Å². The molecule has 82 valence electrons. The second kappa shape index (κ2) is 4.04. The van der Waals surface area contributed by atoms with Gasteiger partial charge in [-0.15, -0.1) is 0 Å². The highest BCUT2D eigenvalue weighted by molar-refractivity contribution is 5.87. The summed E-state index contributed by atoms with van der Waals surface area (Å²) in [6, 6.07) is 0. The molecular formula is C11H16N2O2. The fourth-order valence-electron chi connectivity index (χ4n) is 1.86. The van der Waals surface area contributed by atoms with Gasteiger partial charge in [0, 0.05) is 32.1 Å². The highest BCUT2D eigenvalue weighted by Gasteiger charge is 2.34. The fourth-order valence-corrected chi connectivity index (χ4v) is 1.86. The first-order chi connectivity index (χ1) is 7.22. The molecule has 1 aliphatic carbocycles. The SMILES string of the molecule is C=CC(=O)N1CCN(C(=O)C2CC2)CC1. The van der Waals surface area contributed by atoms with Gasteiger partial charge in [0.05, 0.1) is 0 Å². The van der Waals surface area contributed by atoms with Crippen LogP contribution in [-0.2, 0) is 9.59 Å². The van der Waals surface area contributed by atoms with Crippen molar-refractivity contribution in [3.05, 3.63) is 12.7 Å². The fraction of sp³-hybridized carbons (Fsp3) is 0.636. The average molecular weight is 208 g/mol. The standard InChI is InChI=1S/C11H16N2O2/c1-2-10(14)12-5-7-13(8-6-12)11(15)9-3-4-9/h2,9H,1,3-8H2. The van der Waals surface area contributed by atoms with Crippen molar-refractivity contribution in [1.82, 2.24) is 9.80 Å². The van der Waals surface area contributed by atoms with Gasteiger partial charge in [0.2, 0.25) is 11.8 Å². The zero-order valence-electron chi connectivity index (χ0n) is 8.82. The maximum absolute atomic E-state index is 11.7. The Morgan fingerprint density at radius 3 is 2.07 bits per heavy atom. The van der Waals surface area contributed by atoms with E-state index in [1.54, 1.807) is 4.90 Å². The molecule has 1 saturated carbocycles. The lowest BCUT2D eigenvalue weighted by Gasteiger charge is -2.34. The summed E-state index contributed by atoms with van der Waals surface area (Å²) in [7, 11) is 0. The molecule has 0 atom stereocenters. The molecule has 0 radical (unpaired) electrons. The third kappa shape index (κ3) is 2.19. The molecule has 0 N–H and O–H groups in total. The predicted molar refractivity (Wildman–Crippen MR) is 56.1 cm³/mol. The van der Waals surface area contributed by atoms with Crippen LogP contribution in [0.25, 0.3) is 0 Å². The van der Waals surface area contributed by atoms with Gasteiger partial charge in [-0.3, -0.25) is 9.59 Å². The van der Waals surface area contributed by atoms with Crippen molar-refractivity contribution in [1.29, 1.82) is 0 Å². The van der Waals surface area contributed by atoms with E-state index in [9.17, 15) is 9.59 Å². The number of carbonyl (C=O) groups excluding carboxylic acids is 2. The summed E-state index contributed by atoms with van der Waals surface area (Å²) in [4.78, 5) is 26.6. The molecule has 0 bridgehead atoms. The van der Waals surface area contributed by atoms with Crippen LogP contribution < -0.4 is 0 Å². The highest BCUT2D eigenvalue weighted by atomic mass is 16.2. The molecule has 15 heavy (non-hydrogen) atoms. The first kappa shape index (κ1) is 10.2. The summed E-state index contributed by atoms with van der Waals surface area (Å²) in [5, 5.41) is 0. The lowest BCUT2D eigenvalue weighted by Crippen LogP contribution is -2.50. The van der Waals surface area contributed by atoms with Crippen LogP contribution in [0.15, 0.2) is 12.7 Å². The van der Waals surface area contributed by atoms with E-state index in [1.807, 2.05) is 4.90 Å². The van der Waals surface area contributed by atoms with Crippen molar-refractivity contribution in [2.75, 3.05) is 26.2 Å². The van der Waals surface area contributed by atoms with Crippen LogP contribution in [0, 0.1) is 5.92 Å². The number of hydrogen-bond acceptors (Lipinski definition) is 2. The van der Waals surface area contributed by atoms with Gasteiger partial charge in [-0.05, 0) is 18.9 Å². The molecule has 4 nitrogen and oxygen atoms in total. The summed E-state index contributed by atoms with van der Waals surface area (Å²) in [6.07, 6.45) is 3.42. The van der Waals surface area contributed by atoms with Crippen molar-refractivity contribution in [3.63, 3.8) is 0 Å². The molecule has 0 aromatic heterocycles. The van der Waals surface area contributed by atoms with Crippen molar-refractivity contribution in [3.8, 4) is 0 Å². The maximum atomic E-state index is 11.7. The molecule has 0 unspecified atom stereocenters. The highest BCUT2D eigenvalue weighted by Crippen LogP contribution is 2.31. The Kier molecular flexibility index (Phi) is 2.75. The number of carbonyl (C=O) groups is 2. The number of rotatable bonds is 2. The van der Waals surface area contributed by atoms with E-state index < -0.39 is 0 Å². The number of hydrogen-bond donors (Lipinski definition) is 0. The lowest BCUT2D eigenvalue weighted by molar-refractivity contribution is -0.138. The van der Waals surface area contributed by atoms with Crippen molar-refractivity contribution in [2.24, 2.45) is 5.92 Å². The Bertz CT molecular complexity index is 289. The molecule has 2 fully saturated rings. The molecule has 4 heteroatoms. The quantitative estimate of drug-likeness (QED) is 0.610. The molecule has 1 heterocycles. The molecule has 1 saturated heterocycles. The first-order valence-corrected chi connectivity index (χ1v) is 5.42. The normalized spacial score (nSPS) is 21.3. The van der Waals surface area contributed by atoms with Gasteiger partial charge in [0.15, 0.2) is 0 Å². The summed E-state index contributed by atoms with van der Waals surface area (Å²) >= 11 is 0. The van der Waals surface area contributed by atoms with Crippen LogP contribution in [0.4, 0.5) is 0 Å². The molecule has 0 aromatic rings. The zero-order valence-corrected chi connectivity index (χ0v) is 8.82. The van der Waals surface area contributed by atoms with Crippen LogP contribution in [-0.4, -0.2) is 47.8 Å². The molecule has 0 spiro atoms. The van der Waals surface area contributed by atoms with Gasteiger partial charge in [0.25, 0.3) is 0 Å². The number of amides is 2. The second-order valence-corrected chi connectivity index (χ2v) is 4.13. The van der Waals surface area contributed by atoms with Gasteiger partial charge in [-0.2, -0.15) is 0 Å². The van der Waals surface area contributed by atoms with Gasteiger partial charge < -0.3 is 9.80 Å². The van der Waals surface area contributed by atoms with Crippen LogP contribution in [0.1, 0.15) is 12.8 Å². The van der Waals surface area contributed by atoms with Crippen LogP contribution in [0.5, 0.6) is 0 Å². The summed E-state index contributed by atoms with van der Waals surface area (Å²) in [5.41, 5.74) is 0. The van der Waals surface area contributed by atoms with Crippen LogP contribution in [0.2, 0.25) is 0 Å². The minimum absolute atomic E-state index is 0.0338. The Labute approximate surface area is 89.5 Å². The van der Waals surface area contributed by atoms with E-state index in [2.05, 4.69) is 6.58 Å². The largest absolute Gasteiger partial charge is 0.339 e. The Hall–Kier alpha value is -1.32. The van der Waals surface area contributed by atoms with Gasteiger partial charge >= 0.3 is 0 Å². The average Bonchev–Trinajstić information content (AvgIpc) is 3.11. The maximum Gasteiger partial charge on any atom is 0.246 e. The van der Waals surface area contributed by atoms with E-state index in [-0.39, 0.29) is 17.7 Å². The van der Waals surface area contributed by atoms with Crippen molar-refractivity contribution >= 4 is 11.8 Å². The lowest BCUT2D eigenvalue weighted by atomic mass is 10.2. The van der Waals surface area contributed by atoms with E-state index in [4.69, 9.17) is 0 Å². The first-order valence-electron chi connectivity index (χ1n) is 5.42. The second-order valence-electron chi connectivity index (χ2n) is 4.13. The Morgan fingerprint density at radius 1 is 1.07 bits per heavy atom. The smallest absolute Gasteiger partial charge is 0.246 e. The zero-order chi connectivity index (χ0) is 10.8. The minimum atomic E-state index is -0.0338. The van der Waals surface area contributed by atoms with Crippen molar-refractivity contribution < 1.29 is 9.59 Å². The molecule has 1 aliphatic heterocycles. The van der Waals surface area contributed by atoms with Gasteiger partial charge in [-0.25, -0.2) is 0 Å². The summed E-state index contributed by atoms with van der Waals surface area (Å²) < 4.78 is 0. The van der Waals surface area contributed by atoms with Crippen LogP contribution in [0.3, 0.4) is 0 Å². The number of piperazine rings is 1. The number of nitrogens with zero attached hydrogens (tertiary/aromatic N) is 2. The summed E-state index contributed by atoms with van der Waals surface area (Å²) in [5.74, 6) is 0.529. The van der Waals surface area contributed by atoms with E-state index in [0.29, 0.717) is 26.2 Å². The molecule has 2 aliphatic rings. The van der Waals surface area contributed by atoms with Crippen LogP contribution >= 0.6 is 0 Å². The predicted octanol–water partition coefficient (Wildman–Crippen LogP) is 0.253. The van der Waals surface area contributed by atoms with Crippen molar-refractivity contribution in [2.45, 2.75) is 12.8 Å². The van der Waals surface area contributed by atoms with Gasteiger partial charge in [-0.1, -0.05) is 6.58 Å². The Balaban J connectivity index is 1.83. The summed E-state index contributed by atoms with van der Waals surface area (Å²) in [6.45, 7) is 6.09. The molecule has 2 rings (SSSR count). The topological polar surface area (TPSA) is 40.6 Å². The minimum Gasteiger partial charge on any atom is -0.339 e. The van der Waals surface area contributed by atoms with Gasteiger partial charge in [0.1, 0.15) is 0 Å². The van der Waals surface area contributed by atoms with E-state index in [1.165, 1.54) is 6.08 Å². The van der Waals surface area contributed by atoms with E-state index >= 15 is 0 Å².